The second-order valence-corrected chi connectivity index (χ2v) is 8.98. The van der Waals surface area contributed by atoms with E-state index in [-0.39, 0.29) is 17.7 Å². The Bertz CT molecular complexity index is 1040. The fourth-order valence-corrected chi connectivity index (χ4v) is 4.92. The van der Waals surface area contributed by atoms with Gasteiger partial charge in [0, 0.05) is 51.5 Å². The number of anilines is 1. The number of rotatable bonds is 9. The molecular weight excluding hydrogens is 440 g/mol. The van der Waals surface area contributed by atoms with E-state index < -0.39 is 0 Å². The van der Waals surface area contributed by atoms with Gasteiger partial charge >= 0.3 is 0 Å². The summed E-state index contributed by atoms with van der Waals surface area (Å²) >= 11 is 0. The molecule has 0 unspecified atom stereocenters. The summed E-state index contributed by atoms with van der Waals surface area (Å²) < 4.78 is 27.1. The molecule has 0 aromatic heterocycles. The second kappa shape index (κ2) is 12.1. The zero-order valence-corrected chi connectivity index (χ0v) is 20.7. The van der Waals surface area contributed by atoms with Gasteiger partial charge in [0.05, 0.1) is 6.04 Å². The lowest BCUT2D eigenvalue weighted by atomic mass is 9.96. The molecule has 1 heterocycles. The molecule has 1 saturated heterocycles. The predicted octanol–water partition coefficient (Wildman–Crippen LogP) is 6.23. The van der Waals surface area contributed by atoms with Gasteiger partial charge in [-0.15, -0.1) is 0 Å². The molecule has 1 aliphatic heterocycles. The minimum absolute atomic E-state index is 0.0187. The Labute approximate surface area is 208 Å². The Morgan fingerprint density at radius 2 is 1.31 bits per heavy atom. The van der Waals surface area contributed by atoms with E-state index in [2.05, 4.69) is 65.0 Å². The van der Waals surface area contributed by atoms with Crippen molar-refractivity contribution in [3.8, 4) is 0 Å². The van der Waals surface area contributed by atoms with Crippen LogP contribution in [-0.2, 0) is 0 Å². The molecule has 0 amide bonds. The van der Waals surface area contributed by atoms with E-state index in [0.717, 1.165) is 56.9 Å². The molecule has 0 spiro atoms. The molecule has 0 aliphatic carbocycles. The average Bonchev–Trinajstić information content (AvgIpc) is 2.89. The summed E-state index contributed by atoms with van der Waals surface area (Å²) in [5.74, 6) is -0.489. The monoisotopic (exact) mass is 475 g/mol. The molecule has 1 aliphatic rings. The molecule has 4 rings (SSSR count). The highest BCUT2D eigenvalue weighted by atomic mass is 19.1. The number of halogens is 2. The first kappa shape index (κ1) is 25.1. The van der Waals surface area contributed by atoms with Crippen molar-refractivity contribution in [2.24, 2.45) is 0 Å². The average molecular weight is 476 g/mol. The van der Waals surface area contributed by atoms with Crippen molar-refractivity contribution in [2.45, 2.75) is 19.9 Å². The fraction of sp³-hybridized carbons (Fsp3) is 0.333. The molecule has 1 fully saturated rings. The molecule has 0 saturated carbocycles. The highest BCUT2D eigenvalue weighted by Gasteiger charge is 2.26. The summed E-state index contributed by atoms with van der Waals surface area (Å²) in [6, 6.07) is 21.9. The predicted molar refractivity (Wildman–Crippen MR) is 142 cm³/mol. The van der Waals surface area contributed by atoms with Gasteiger partial charge in [0.15, 0.2) is 0 Å². The number of hydrogen-bond donors (Lipinski definition) is 0. The third kappa shape index (κ3) is 6.36. The molecule has 0 N–H and O–H groups in total. The van der Waals surface area contributed by atoms with Gasteiger partial charge in [0.25, 0.3) is 0 Å². The molecule has 184 valence electrons. The number of para-hydroxylation sites is 1. The summed E-state index contributed by atoms with van der Waals surface area (Å²) in [4.78, 5) is 7.25. The highest BCUT2D eigenvalue weighted by molar-refractivity contribution is 5.67. The van der Waals surface area contributed by atoms with Crippen LogP contribution in [0.4, 0.5) is 14.5 Å². The fourth-order valence-electron chi connectivity index (χ4n) is 4.92. The third-order valence-corrected chi connectivity index (χ3v) is 6.85. The zero-order chi connectivity index (χ0) is 24.6. The molecule has 5 heteroatoms. The maximum Gasteiger partial charge on any atom is 0.123 e. The van der Waals surface area contributed by atoms with E-state index in [4.69, 9.17) is 0 Å². The van der Waals surface area contributed by atoms with Crippen molar-refractivity contribution < 1.29 is 8.78 Å². The number of nitrogens with zero attached hydrogens (tertiary/aromatic N) is 3. The summed E-state index contributed by atoms with van der Waals surface area (Å²) in [6.45, 7) is 10.9. The van der Waals surface area contributed by atoms with E-state index in [1.165, 1.54) is 35.5 Å². The van der Waals surface area contributed by atoms with Gasteiger partial charge in [0.2, 0.25) is 0 Å². The maximum absolute atomic E-state index is 13.6. The van der Waals surface area contributed by atoms with Crippen LogP contribution in [0.15, 0.2) is 78.9 Å². The quantitative estimate of drug-likeness (QED) is 0.363. The summed E-state index contributed by atoms with van der Waals surface area (Å²) in [6.07, 6.45) is 4.50. The maximum atomic E-state index is 13.6. The highest BCUT2D eigenvalue weighted by Crippen LogP contribution is 2.30. The molecular formula is C30H35F2N3. The van der Waals surface area contributed by atoms with E-state index in [9.17, 15) is 8.78 Å². The van der Waals surface area contributed by atoms with Crippen molar-refractivity contribution >= 4 is 11.8 Å². The van der Waals surface area contributed by atoms with E-state index >= 15 is 0 Å². The Morgan fingerprint density at radius 3 is 1.86 bits per heavy atom. The lowest BCUT2D eigenvalue weighted by Gasteiger charge is -2.39. The first-order chi connectivity index (χ1) is 17.1. The van der Waals surface area contributed by atoms with Gasteiger partial charge in [-0.1, -0.05) is 54.6 Å². The number of hydrogen-bond acceptors (Lipinski definition) is 3. The van der Waals surface area contributed by atoms with Gasteiger partial charge in [-0.2, -0.15) is 0 Å². The molecule has 3 aromatic rings. The van der Waals surface area contributed by atoms with Crippen LogP contribution in [0.3, 0.4) is 0 Å². The van der Waals surface area contributed by atoms with Crippen molar-refractivity contribution in [1.29, 1.82) is 0 Å². The molecule has 3 nitrogen and oxygen atoms in total. The van der Waals surface area contributed by atoms with Gasteiger partial charge in [-0.25, -0.2) is 8.78 Å². The summed E-state index contributed by atoms with van der Waals surface area (Å²) in [7, 11) is 0. The van der Waals surface area contributed by atoms with E-state index in [1.807, 2.05) is 24.3 Å². The van der Waals surface area contributed by atoms with Crippen LogP contribution >= 0.6 is 0 Å². The van der Waals surface area contributed by atoms with Crippen LogP contribution in [0, 0.1) is 11.6 Å². The van der Waals surface area contributed by atoms with Crippen molar-refractivity contribution in [3.63, 3.8) is 0 Å². The summed E-state index contributed by atoms with van der Waals surface area (Å²) in [5, 5.41) is 0. The van der Waals surface area contributed by atoms with E-state index in [1.54, 1.807) is 0 Å². The van der Waals surface area contributed by atoms with Crippen molar-refractivity contribution in [1.82, 2.24) is 9.80 Å². The van der Waals surface area contributed by atoms with Gasteiger partial charge in [-0.3, -0.25) is 9.80 Å². The van der Waals surface area contributed by atoms with Crippen molar-refractivity contribution in [3.05, 3.63) is 107 Å². The van der Waals surface area contributed by atoms with Gasteiger partial charge < -0.3 is 4.90 Å². The lowest BCUT2D eigenvalue weighted by Crippen LogP contribution is -2.47. The van der Waals surface area contributed by atoms with Crippen LogP contribution in [0.5, 0.6) is 0 Å². The Balaban J connectivity index is 1.41. The molecule has 35 heavy (non-hydrogen) atoms. The molecule has 3 aromatic carbocycles. The topological polar surface area (TPSA) is 9.72 Å². The van der Waals surface area contributed by atoms with Crippen LogP contribution in [-0.4, -0.2) is 55.6 Å². The van der Waals surface area contributed by atoms with Crippen LogP contribution in [0.25, 0.3) is 6.08 Å². The molecule has 0 bridgehead atoms. The Hall–Kier alpha value is -3.02. The number of benzene rings is 3. The van der Waals surface area contributed by atoms with Gasteiger partial charge in [0.1, 0.15) is 11.6 Å². The Morgan fingerprint density at radius 1 is 0.771 bits per heavy atom. The van der Waals surface area contributed by atoms with Gasteiger partial charge in [-0.05, 0) is 60.9 Å². The van der Waals surface area contributed by atoms with Crippen LogP contribution < -0.4 is 4.90 Å². The zero-order valence-electron chi connectivity index (χ0n) is 20.7. The standard InChI is InChI=1S/C30H35F2N3/c1-3-34(4-2)29-10-6-5-8-24(29)9-7-19-33-20-22-35(23-21-33)30(25-11-15-27(31)16-12-25)26-13-17-28(32)18-14-26/h5-18,30H,3-4,19-23H2,1-2H3. The smallest absolute Gasteiger partial charge is 0.123 e. The number of piperazine rings is 1. The lowest BCUT2D eigenvalue weighted by molar-refractivity contribution is 0.118. The largest absolute Gasteiger partial charge is 0.372 e. The first-order valence-electron chi connectivity index (χ1n) is 12.6. The molecule has 0 radical (unpaired) electrons. The summed E-state index contributed by atoms with van der Waals surface area (Å²) in [5.41, 5.74) is 4.58. The third-order valence-electron chi connectivity index (χ3n) is 6.85. The van der Waals surface area contributed by atoms with Crippen LogP contribution in [0.2, 0.25) is 0 Å². The first-order valence-corrected chi connectivity index (χ1v) is 12.6. The SMILES string of the molecule is CCN(CC)c1ccccc1C=CCN1CCN(C(c2ccc(F)cc2)c2ccc(F)cc2)CC1. The van der Waals surface area contributed by atoms with Crippen LogP contribution in [0.1, 0.15) is 36.6 Å². The van der Waals surface area contributed by atoms with E-state index in [0.29, 0.717) is 0 Å². The normalized spacial score (nSPS) is 15.2. The minimum atomic E-state index is -0.245. The Kier molecular flexibility index (Phi) is 8.67. The molecule has 0 atom stereocenters. The second-order valence-electron chi connectivity index (χ2n) is 8.98. The van der Waals surface area contributed by atoms with Crippen molar-refractivity contribution in [2.75, 3.05) is 50.7 Å². The minimum Gasteiger partial charge on any atom is -0.372 e.